The second-order valence-corrected chi connectivity index (χ2v) is 19.1. The van der Waals surface area contributed by atoms with E-state index in [1.54, 1.807) is 45.6 Å². The van der Waals surface area contributed by atoms with Gasteiger partial charge in [-0.25, -0.2) is 4.79 Å². The van der Waals surface area contributed by atoms with Crippen LogP contribution in [0.2, 0.25) is 0 Å². The first-order valence-corrected chi connectivity index (χ1v) is 22.8. The van der Waals surface area contributed by atoms with Gasteiger partial charge in [0.15, 0.2) is 5.60 Å². The summed E-state index contributed by atoms with van der Waals surface area (Å²) < 4.78 is 38.5. The molecule has 7 rings (SSSR count). The number of fused-ring (bicyclic) bond motifs is 2. The molecule has 59 heavy (non-hydrogen) atoms. The molecule has 332 valence electrons. The van der Waals surface area contributed by atoms with E-state index < -0.39 is 88.3 Å². The zero-order valence-electron chi connectivity index (χ0n) is 36.5. The van der Waals surface area contributed by atoms with Gasteiger partial charge in [0.2, 0.25) is 0 Å². The van der Waals surface area contributed by atoms with E-state index in [4.69, 9.17) is 28.4 Å². The van der Waals surface area contributed by atoms with Crippen molar-refractivity contribution in [2.75, 3.05) is 48.6 Å². The third-order valence-corrected chi connectivity index (χ3v) is 16.3. The van der Waals surface area contributed by atoms with Crippen molar-refractivity contribution in [1.29, 1.82) is 0 Å². The predicted molar refractivity (Wildman–Crippen MR) is 220 cm³/mol. The van der Waals surface area contributed by atoms with E-state index in [1.165, 1.54) is 64.9 Å². The van der Waals surface area contributed by atoms with E-state index in [2.05, 4.69) is 11.8 Å². The third kappa shape index (κ3) is 7.02. The summed E-state index contributed by atoms with van der Waals surface area (Å²) in [5.74, 6) is -3.48. The number of methoxy groups -OCH3 is 4. The minimum absolute atomic E-state index is 0.0845. The van der Waals surface area contributed by atoms with Crippen LogP contribution in [0, 0.1) is 34.5 Å². The van der Waals surface area contributed by atoms with Gasteiger partial charge in [-0.3, -0.25) is 4.79 Å². The number of carbonyl (C=O) groups excluding carboxylic acids is 2. The molecule has 3 N–H and O–H groups in total. The summed E-state index contributed by atoms with van der Waals surface area (Å²) in [6, 6.07) is 8.29. The maximum absolute atomic E-state index is 14.5. The molecule has 1 aromatic rings. The number of carbonyl (C=O) groups is 2. The minimum atomic E-state index is -1.84. The predicted octanol–water partition coefficient (Wildman–Crippen LogP) is 5.72. The zero-order valence-corrected chi connectivity index (χ0v) is 36.5. The molecule has 12 nitrogen and oxygen atoms in total. The largest absolute Gasteiger partial charge is 0.455 e. The lowest BCUT2D eigenvalue weighted by atomic mass is 9.42. The molecule has 0 aromatic heterocycles. The number of rotatable bonds is 22. The fourth-order valence-corrected chi connectivity index (χ4v) is 14.5. The number of unbranched alkanes of at least 4 members (excludes halogenated alkanes) is 12. The Balaban J connectivity index is 1.21. The van der Waals surface area contributed by atoms with Gasteiger partial charge in [0.25, 0.3) is 0 Å². The normalized spacial score (nSPS) is 41.5. The lowest BCUT2D eigenvalue weighted by Gasteiger charge is -2.70. The van der Waals surface area contributed by atoms with Crippen LogP contribution in [0.5, 0.6) is 0 Å². The molecule has 1 spiro atoms. The summed E-state index contributed by atoms with van der Waals surface area (Å²) >= 11 is 0. The molecule has 0 amide bonds. The zero-order chi connectivity index (χ0) is 42.2. The Bertz CT molecular complexity index is 1580. The number of benzene rings is 1. The van der Waals surface area contributed by atoms with Crippen LogP contribution in [0.3, 0.4) is 0 Å². The average molecular weight is 828 g/mol. The van der Waals surface area contributed by atoms with E-state index >= 15 is 0 Å². The molecule has 1 heterocycles. The van der Waals surface area contributed by atoms with Gasteiger partial charge in [0, 0.05) is 82.5 Å². The Morgan fingerprint density at radius 3 is 2.02 bits per heavy atom. The highest BCUT2D eigenvalue weighted by Gasteiger charge is 2.92. The quantitative estimate of drug-likeness (QED) is 0.0969. The molecule has 5 saturated carbocycles. The van der Waals surface area contributed by atoms with Crippen LogP contribution in [0.1, 0.15) is 120 Å². The number of hydrogen-bond donors (Lipinski definition) is 3. The number of aliphatic hydroxyl groups is 3. The van der Waals surface area contributed by atoms with E-state index in [0.717, 1.165) is 19.3 Å². The summed E-state index contributed by atoms with van der Waals surface area (Å²) in [6.07, 6.45) is 9.99. The van der Waals surface area contributed by atoms with Crippen molar-refractivity contribution < 1.29 is 53.3 Å². The summed E-state index contributed by atoms with van der Waals surface area (Å²) in [5.41, 5.74) is -4.82. The Labute approximate surface area is 352 Å². The van der Waals surface area contributed by atoms with Crippen LogP contribution in [-0.2, 0) is 33.2 Å². The maximum Gasteiger partial charge on any atom is 0.338 e. The standard InChI is InChI=1S/C47H73NO11/c1-7-8-9-10-11-12-13-14-15-16-17-18-22-25-34(50)59-47-35-31(27-45(53,42(57-6)40(47)51)41(35)58-43(52)30-23-20-19-21-24-30)46-33(55-4)26-32(49)44(29-54-3)28-48(2)39(46)36(47)37(56-5)38(44)46/h19-21,23-24,31-33,35-42,49,51,53H,7-18,22,25-29H2,1-6H3/t31-,32-,33+,35-,36?,37+,38-,39?,40+,41?,42+,44+,45-,46?,47-/m1/s1. The van der Waals surface area contributed by atoms with Crippen molar-refractivity contribution in [3.05, 3.63) is 35.9 Å². The number of hydrogen-bond acceptors (Lipinski definition) is 12. The maximum atomic E-state index is 14.5. The van der Waals surface area contributed by atoms with E-state index in [0.29, 0.717) is 24.9 Å². The van der Waals surface area contributed by atoms with Gasteiger partial charge in [-0.2, -0.15) is 0 Å². The van der Waals surface area contributed by atoms with Gasteiger partial charge in [-0.05, 0) is 37.9 Å². The number of piperidine rings is 1. The van der Waals surface area contributed by atoms with Crippen LogP contribution in [0.15, 0.2) is 30.3 Å². The lowest BCUT2D eigenvalue weighted by molar-refractivity contribution is -0.321. The van der Waals surface area contributed by atoms with Crippen LogP contribution < -0.4 is 0 Å². The first-order chi connectivity index (χ1) is 28.5. The van der Waals surface area contributed by atoms with E-state index in [9.17, 15) is 24.9 Å². The topological polar surface area (TPSA) is 153 Å². The number of esters is 2. The van der Waals surface area contributed by atoms with Gasteiger partial charge in [-0.1, -0.05) is 102 Å². The Morgan fingerprint density at radius 2 is 1.44 bits per heavy atom. The van der Waals surface area contributed by atoms with Crippen molar-refractivity contribution >= 4 is 11.9 Å². The van der Waals surface area contributed by atoms with Gasteiger partial charge >= 0.3 is 11.9 Å². The Morgan fingerprint density at radius 1 is 0.814 bits per heavy atom. The molecule has 7 bridgehead atoms. The summed E-state index contributed by atoms with van der Waals surface area (Å²) in [5, 5.41) is 38.1. The average Bonchev–Trinajstić information content (AvgIpc) is 3.62. The Kier molecular flexibility index (Phi) is 13.9. The molecule has 1 saturated heterocycles. The highest BCUT2D eigenvalue weighted by atomic mass is 16.6. The summed E-state index contributed by atoms with van der Waals surface area (Å²) in [4.78, 5) is 30.8. The van der Waals surface area contributed by atoms with Gasteiger partial charge in [-0.15, -0.1) is 0 Å². The van der Waals surface area contributed by atoms with Crippen LogP contribution in [0.4, 0.5) is 0 Å². The summed E-state index contributed by atoms with van der Waals surface area (Å²) in [7, 11) is 8.39. The van der Waals surface area contributed by atoms with Crippen molar-refractivity contribution in [3.8, 4) is 0 Å². The molecule has 1 aromatic carbocycles. The number of nitrogens with zero attached hydrogens (tertiary/aromatic N) is 1. The third-order valence-electron chi connectivity index (χ3n) is 16.3. The second kappa shape index (κ2) is 18.3. The molecule has 6 fully saturated rings. The monoisotopic (exact) mass is 828 g/mol. The van der Waals surface area contributed by atoms with Crippen molar-refractivity contribution in [2.45, 2.75) is 164 Å². The van der Waals surface area contributed by atoms with Crippen LogP contribution >= 0.6 is 0 Å². The summed E-state index contributed by atoms with van der Waals surface area (Å²) in [6.45, 7) is 2.97. The molecule has 1 aliphatic heterocycles. The SMILES string of the molecule is CCCCCCCCCCCCCCCC(=O)O[C@@]12C3C4N(C)C[C@]5(COC)[C@H](O)C[C@H](OC)C4([C@@H]4C[C@@](O)(C(OC(=O)c6ccccc6)[C@@H]41)[C@@H](OC)[C@@H]2O)[C@@H]5[C@H]3OC. The Hall–Kier alpha value is -2.16. The molecule has 12 heteroatoms. The number of ether oxygens (including phenoxy) is 6. The van der Waals surface area contributed by atoms with E-state index in [1.807, 2.05) is 13.1 Å². The first kappa shape index (κ1) is 44.9. The lowest BCUT2D eigenvalue weighted by Crippen LogP contribution is -2.81. The van der Waals surface area contributed by atoms with Crippen LogP contribution in [0.25, 0.3) is 0 Å². The van der Waals surface area contributed by atoms with Crippen molar-refractivity contribution in [2.24, 2.45) is 34.5 Å². The molecule has 15 atom stereocenters. The molecular weight excluding hydrogens is 755 g/mol. The fourth-order valence-electron chi connectivity index (χ4n) is 14.5. The molecule has 0 radical (unpaired) electrons. The van der Waals surface area contributed by atoms with Crippen LogP contribution in [-0.4, -0.2) is 135 Å². The van der Waals surface area contributed by atoms with Gasteiger partial charge < -0.3 is 48.6 Å². The van der Waals surface area contributed by atoms with Crippen molar-refractivity contribution in [3.63, 3.8) is 0 Å². The number of aliphatic hydroxyl groups excluding tert-OH is 2. The smallest absolute Gasteiger partial charge is 0.338 e. The molecule has 4 unspecified atom stereocenters. The van der Waals surface area contributed by atoms with Gasteiger partial charge in [0.1, 0.15) is 23.9 Å². The highest BCUT2D eigenvalue weighted by Crippen LogP contribution is 2.80. The molecule has 5 aliphatic carbocycles. The van der Waals surface area contributed by atoms with Crippen molar-refractivity contribution in [1.82, 2.24) is 4.90 Å². The molecular formula is C47H73NO11. The molecule has 6 aliphatic rings. The van der Waals surface area contributed by atoms with Gasteiger partial charge in [0.05, 0.1) is 30.5 Å². The fraction of sp³-hybridized carbons (Fsp3) is 0.830. The highest BCUT2D eigenvalue weighted by molar-refractivity contribution is 5.89. The first-order valence-electron chi connectivity index (χ1n) is 22.8. The van der Waals surface area contributed by atoms with E-state index in [-0.39, 0.29) is 31.4 Å². The second-order valence-electron chi connectivity index (χ2n) is 19.1. The number of likely N-dealkylation sites (tertiary alicyclic amines) is 1. The minimum Gasteiger partial charge on any atom is -0.455 e.